The molecule has 16 heavy (non-hydrogen) atoms. The Bertz CT molecular complexity index is 343. The van der Waals surface area contributed by atoms with E-state index in [0.29, 0.717) is 0 Å². The van der Waals surface area contributed by atoms with Gasteiger partial charge in [-0.05, 0) is 12.0 Å². The van der Waals surface area contributed by atoms with Crippen LogP contribution in [0, 0.1) is 0 Å². The second-order valence-corrected chi connectivity index (χ2v) is 4.31. The van der Waals surface area contributed by atoms with E-state index < -0.39 is 0 Å². The van der Waals surface area contributed by atoms with Crippen molar-refractivity contribution in [1.82, 2.24) is 4.90 Å². The third-order valence-electron chi connectivity index (χ3n) is 3.00. The van der Waals surface area contributed by atoms with Crippen molar-refractivity contribution < 1.29 is 0 Å². The average molecular weight is 216 g/mol. The molecule has 1 aromatic carbocycles. The van der Waals surface area contributed by atoms with Crippen molar-refractivity contribution in [2.45, 2.75) is 32.7 Å². The molecule has 2 rings (SSSR count). The second-order valence-electron chi connectivity index (χ2n) is 4.31. The van der Waals surface area contributed by atoms with Crippen molar-refractivity contribution in [3.63, 3.8) is 0 Å². The molecule has 0 amide bonds. The molecule has 0 radical (unpaired) electrons. The summed E-state index contributed by atoms with van der Waals surface area (Å²) in [6.07, 6.45) is 3.64. The fourth-order valence-corrected chi connectivity index (χ4v) is 2.08. The summed E-state index contributed by atoms with van der Waals surface area (Å²) in [6.45, 7) is 5.32. The first-order chi connectivity index (χ1) is 7.90. The summed E-state index contributed by atoms with van der Waals surface area (Å²) in [6, 6.07) is 10.7. The zero-order chi connectivity index (χ0) is 11.2. The maximum absolute atomic E-state index is 4.59. The van der Waals surface area contributed by atoms with Crippen molar-refractivity contribution >= 4 is 5.84 Å². The summed E-state index contributed by atoms with van der Waals surface area (Å²) in [4.78, 5) is 7.02. The van der Waals surface area contributed by atoms with Crippen LogP contribution in [0.1, 0.15) is 31.7 Å². The summed E-state index contributed by atoms with van der Waals surface area (Å²) in [5, 5.41) is 0. The molecule has 0 unspecified atom stereocenters. The molecular weight excluding hydrogens is 196 g/mol. The van der Waals surface area contributed by atoms with Gasteiger partial charge in [0.15, 0.2) is 0 Å². The molecule has 0 atom stereocenters. The van der Waals surface area contributed by atoms with Crippen LogP contribution in [0.15, 0.2) is 35.3 Å². The lowest BCUT2D eigenvalue weighted by atomic mass is 10.2. The van der Waals surface area contributed by atoms with Crippen molar-refractivity contribution in [3.8, 4) is 0 Å². The van der Waals surface area contributed by atoms with Gasteiger partial charge in [-0.2, -0.15) is 0 Å². The van der Waals surface area contributed by atoms with Gasteiger partial charge in [0, 0.05) is 19.5 Å². The Morgan fingerprint density at radius 2 is 2.06 bits per heavy atom. The molecule has 0 bridgehead atoms. The molecule has 0 spiro atoms. The zero-order valence-electron chi connectivity index (χ0n) is 10.0. The first-order valence-corrected chi connectivity index (χ1v) is 6.22. The van der Waals surface area contributed by atoms with Crippen molar-refractivity contribution in [3.05, 3.63) is 35.9 Å². The van der Waals surface area contributed by atoms with Gasteiger partial charge in [0.1, 0.15) is 0 Å². The highest BCUT2D eigenvalue weighted by atomic mass is 15.2. The Kier molecular flexibility index (Phi) is 3.97. The number of hydrogen-bond donors (Lipinski definition) is 0. The lowest BCUT2D eigenvalue weighted by molar-refractivity contribution is 0.442. The quantitative estimate of drug-likeness (QED) is 0.738. The largest absolute Gasteiger partial charge is 0.354 e. The smallest absolute Gasteiger partial charge is 0.0993 e. The fraction of sp³-hybridized carbons (Fsp3) is 0.500. The van der Waals surface area contributed by atoms with E-state index in [1.165, 1.54) is 24.2 Å². The molecular formula is C14H20N2. The standard InChI is InChI=1S/C14H20N2/c1-2-3-9-14-15-10-11-16(14)12-13-7-5-4-6-8-13/h4-8H,2-3,9-12H2,1H3. The molecule has 0 aromatic heterocycles. The van der Waals surface area contributed by atoms with Gasteiger partial charge in [-0.1, -0.05) is 43.7 Å². The van der Waals surface area contributed by atoms with Crippen LogP contribution in [0.3, 0.4) is 0 Å². The summed E-state index contributed by atoms with van der Waals surface area (Å²) >= 11 is 0. The number of rotatable bonds is 5. The third kappa shape index (κ3) is 2.84. The van der Waals surface area contributed by atoms with Gasteiger partial charge in [-0.3, -0.25) is 4.99 Å². The zero-order valence-corrected chi connectivity index (χ0v) is 10.0. The van der Waals surface area contributed by atoms with Crippen molar-refractivity contribution in [2.75, 3.05) is 13.1 Å². The number of aliphatic imine (C=N–C) groups is 1. The van der Waals surface area contributed by atoms with E-state index in [-0.39, 0.29) is 0 Å². The maximum Gasteiger partial charge on any atom is 0.0993 e. The van der Waals surface area contributed by atoms with Crippen LogP contribution in [-0.4, -0.2) is 23.8 Å². The monoisotopic (exact) mass is 216 g/mol. The third-order valence-corrected chi connectivity index (χ3v) is 3.00. The van der Waals surface area contributed by atoms with Crippen LogP contribution >= 0.6 is 0 Å². The van der Waals surface area contributed by atoms with E-state index in [4.69, 9.17) is 0 Å². The molecule has 0 fully saturated rings. The Balaban J connectivity index is 1.92. The first kappa shape index (κ1) is 11.2. The maximum atomic E-state index is 4.59. The molecule has 2 nitrogen and oxygen atoms in total. The van der Waals surface area contributed by atoms with E-state index in [1.54, 1.807) is 0 Å². The normalized spacial score (nSPS) is 15.3. The number of nitrogens with zero attached hydrogens (tertiary/aromatic N) is 2. The van der Waals surface area contributed by atoms with Gasteiger partial charge in [-0.15, -0.1) is 0 Å². The van der Waals surface area contributed by atoms with E-state index in [1.807, 2.05) is 0 Å². The van der Waals surface area contributed by atoms with Crippen LogP contribution in [-0.2, 0) is 6.54 Å². The predicted molar refractivity (Wildman–Crippen MR) is 68.7 cm³/mol. The van der Waals surface area contributed by atoms with E-state index in [2.05, 4.69) is 47.1 Å². The highest BCUT2D eigenvalue weighted by molar-refractivity contribution is 5.83. The Morgan fingerprint density at radius 3 is 2.81 bits per heavy atom. The molecule has 1 heterocycles. The summed E-state index contributed by atoms with van der Waals surface area (Å²) in [5.41, 5.74) is 1.38. The molecule has 0 saturated heterocycles. The minimum Gasteiger partial charge on any atom is -0.354 e. The minimum absolute atomic E-state index is 0.978. The van der Waals surface area contributed by atoms with Crippen LogP contribution in [0.4, 0.5) is 0 Å². The predicted octanol–water partition coefficient (Wildman–Crippen LogP) is 3.09. The van der Waals surface area contributed by atoms with Gasteiger partial charge in [-0.25, -0.2) is 0 Å². The molecule has 0 saturated carbocycles. The van der Waals surface area contributed by atoms with Crippen molar-refractivity contribution in [1.29, 1.82) is 0 Å². The Labute approximate surface area is 98.0 Å². The molecule has 1 aliphatic rings. The fourth-order valence-electron chi connectivity index (χ4n) is 2.08. The number of benzene rings is 1. The Hall–Kier alpha value is -1.31. The van der Waals surface area contributed by atoms with Crippen LogP contribution < -0.4 is 0 Å². The molecule has 2 heteroatoms. The highest BCUT2D eigenvalue weighted by Gasteiger charge is 2.15. The molecule has 0 N–H and O–H groups in total. The van der Waals surface area contributed by atoms with Gasteiger partial charge in [0.25, 0.3) is 0 Å². The van der Waals surface area contributed by atoms with E-state index in [9.17, 15) is 0 Å². The second kappa shape index (κ2) is 5.69. The number of hydrogen-bond acceptors (Lipinski definition) is 2. The topological polar surface area (TPSA) is 15.6 Å². The van der Waals surface area contributed by atoms with Gasteiger partial charge < -0.3 is 4.90 Å². The van der Waals surface area contributed by atoms with Gasteiger partial charge >= 0.3 is 0 Å². The number of unbranched alkanes of at least 4 members (excludes halogenated alkanes) is 1. The molecule has 86 valence electrons. The number of amidine groups is 1. The SMILES string of the molecule is CCCCC1=NCCN1Cc1ccccc1. The summed E-state index contributed by atoms with van der Waals surface area (Å²) in [7, 11) is 0. The van der Waals surface area contributed by atoms with Crippen LogP contribution in [0.2, 0.25) is 0 Å². The lowest BCUT2D eigenvalue weighted by Gasteiger charge is -2.20. The van der Waals surface area contributed by atoms with E-state index in [0.717, 1.165) is 26.1 Å². The lowest BCUT2D eigenvalue weighted by Crippen LogP contribution is -2.27. The van der Waals surface area contributed by atoms with Crippen molar-refractivity contribution in [2.24, 2.45) is 4.99 Å². The molecule has 1 aliphatic heterocycles. The average Bonchev–Trinajstić information content (AvgIpc) is 2.75. The van der Waals surface area contributed by atoms with E-state index >= 15 is 0 Å². The van der Waals surface area contributed by atoms with Crippen LogP contribution in [0.5, 0.6) is 0 Å². The summed E-state index contributed by atoms with van der Waals surface area (Å²) < 4.78 is 0. The minimum atomic E-state index is 0.978. The highest BCUT2D eigenvalue weighted by Crippen LogP contribution is 2.12. The molecule has 1 aromatic rings. The van der Waals surface area contributed by atoms with Gasteiger partial charge in [0.2, 0.25) is 0 Å². The molecule has 0 aliphatic carbocycles. The van der Waals surface area contributed by atoms with Gasteiger partial charge in [0.05, 0.1) is 12.4 Å². The Morgan fingerprint density at radius 1 is 1.25 bits per heavy atom. The summed E-state index contributed by atoms with van der Waals surface area (Å²) in [5.74, 6) is 1.31. The van der Waals surface area contributed by atoms with Crippen LogP contribution in [0.25, 0.3) is 0 Å². The first-order valence-electron chi connectivity index (χ1n) is 6.22.